The molecule has 0 saturated heterocycles. The molecule has 2 N–H and O–H groups in total. The number of amides is 1. The average Bonchev–Trinajstić information content (AvgIpc) is 2.93. The zero-order valence-corrected chi connectivity index (χ0v) is 18.0. The number of anilines is 1. The summed E-state index contributed by atoms with van der Waals surface area (Å²) in [6.45, 7) is 2.86. The summed E-state index contributed by atoms with van der Waals surface area (Å²) >= 11 is 3.38. The van der Waals surface area contributed by atoms with Crippen LogP contribution < -0.4 is 10.0 Å². The number of esters is 1. The summed E-state index contributed by atoms with van der Waals surface area (Å²) in [5.41, 5.74) is 1.91. The predicted octanol–water partition coefficient (Wildman–Crippen LogP) is 2.37. The smallest absolute Gasteiger partial charge is 0.331 e. The van der Waals surface area contributed by atoms with Crippen molar-refractivity contribution < 1.29 is 22.7 Å². The summed E-state index contributed by atoms with van der Waals surface area (Å²) in [5, 5.41) is 2.64. The molecule has 3 rings (SSSR count). The number of aliphatic imine (C=N–C) groups is 1. The molecule has 10 heteroatoms. The van der Waals surface area contributed by atoms with Crippen LogP contribution in [0.1, 0.15) is 18.1 Å². The average molecular weight is 480 g/mol. The van der Waals surface area contributed by atoms with Gasteiger partial charge < -0.3 is 10.1 Å². The van der Waals surface area contributed by atoms with E-state index in [2.05, 4.69) is 31.0 Å². The first kappa shape index (κ1) is 21.0. The lowest BCUT2D eigenvalue weighted by Crippen LogP contribution is -2.28. The van der Waals surface area contributed by atoms with Crippen LogP contribution in [0.4, 0.5) is 5.69 Å². The number of fused-ring (bicyclic) bond motifs is 1. The molecule has 1 aliphatic rings. The number of ether oxygens (including phenoxy) is 1. The van der Waals surface area contributed by atoms with E-state index in [0.29, 0.717) is 11.3 Å². The number of nitrogens with one attached hydrogen (secondary N) is 2. The second-order valence-electron chi connectivity index (χ2n) is 6.38. The van der Waals surface area contributed by atoms with Crippen molar-refractivity contribution in [3.05, 3.63) is 58.1 Å². The van der Waals surface area contributed by atoms with Crippen molar-refractivity contribution in [3.63, 3.8) is 0 Å². The summed E-state index contributed by atoms with van der Waals surface area (Å²) in [4.78, 5) is 28.4. The van der Waals surface area contributed by atoms with E-state index in [1.807, 2.05) is 6.92 Å². The minimum atomic E-state index is -3.69. The highest BCUT2D eigenvalue weighted by atomic mass is 79.9. The Morgan fingerprint density at radius 3 is 2.69 bits per heavy atom. The summed E-state index contributed by atoms with van der Waals surface area (Å²) in [6.07, 6.45) is 0. The molecule has 29 heavy (non-hydrogen) atoms. The third kappa shape index (κ3) is 4.83. The maximum atomic E-state index is 12.2. The van der Waals surface area contributed by atoms with Crippen LogP contribution >= 0.6 is 15.9 Å². The zero-order chi connectivity index (χ0) is 21.2. The Labute approximate surface area is 176 Å². The standard InChI is InChI=1S/C19H18BrN3O5S/c1-11-9-13(7-8-15(11)20)22-17(24)10-28-19(25)12(2)21-18-14-5-3-4-6-16(14)29(26,27)23-18/h3-9,12H,10H2,1-2H3,(H,21,23)(H,22,24)/t12-/m1/s1. The second-order valence-corrected chi connectivity index (χ2v) is 8.88. The highest BCUT2D eigenvalue weighted by Crippen LogP contribution is 2.23. The van der Waals surface area contributed by atoms with E-state index in [1.165, 1.54) is 13.0 Å². The van der Waals surface area contributed by atoms with Crippen molar-refractivity contribution >= 4 is 49.4 Å². The lowest BCUT2D eigenvalue weighted by Gasteiger charge is -2.10. The van der Waals surface area contributed by atoms with Crippen molar-refractivity contribution in [3.8, 4) is 0 Å². The molecule has 0 spiro atoms. The fourth-order valence-corrected chi connectivity index (χ4v) is 4.14. The number of rotatable bonds is 5. The first-order valence-electron chi connectivity index (χ1n) is 8.60. The van der Waals surface area contributed by atoms with Gasteiger partial charge in [0.2, 0.25) is 0 Å². The molecule has 1 atom stereocenters. The van der Waals surface area contributed by atoms with Crippen LogP contribution in [0.5, 0.6) is 0 Å². The predicted molar refractivity (Wildman–Crippen MR) is 111 cm³/mol. The van der Waals surface area contributed by atoms with Crippen molar-refractivity contribution in [1.29, 1.82) is 0 Å². The molecule has 8 nitrogen and oxygen atoms in total. The summed E-state index contributed by atoms with van der Waals surface area (Å²) in [7, 11) is -3.69. The number of halogens is 1. The second kappa shape index (κ2) is 8.34. The van der Waals surface area contributed by atoms with Gasteiger partial charge in [-0.2, -0.15) is 0 Å². The number of carbonyl (C=O) groups is 2. The molecule has 0 fully saturated rings. The van der Waals surface area contributed by atoms with Crippen molar-refractivity contribution in [1.82, 2.24) is 4.72 Å². The number of hydrogen-bond donors (Lipinski definition) is 2. The minimum Gasteiger partial charge on any atom is -0.454 e. The molecule has 1 amide bonds. The Hall–Kier alpha value is -2.72. The van der Waals surface area contributed by atoms with Crippen LogP contribution in [0.15, 0.2) is 56.8 Å². The van der Waals surface area contributed by atoms with Crippen LogP contribution in [0.2, 0.25) is 0 Å². The van der Waals surface area contributed by atoms with E-state index < -0.39 is 34.5 Å². The maximum absolute atomic E-state index is 12.2. The summed E-state index contributed by atoms with van der Waals surface area (Å²) < 4.78 is 32.4. The summed E-state index contributed by atoms with van der Waals surface area (Å²) in [5.74, 6) is -1.17. The van der Waals surface area contributed by atoms with E-state index in [-0.39, 0.29) is 10.7 Å². The molecule has 2 aromatic rings. The van der Waals surface area contributed by atoms with Crippen molar-refractivity contribution in [2.45, 2.75) is 24.8 Å². The number of hydrogen-bond acceptors (Lipinski definition) is 6. The molecule has 1 heterocycles. The first-order chi connectivity index (χ1) is 13.7. The molecule has 0 aromatic heterocycles. The Balaban J connectivity index is 1.60. The van der Waals surface area contributed by atoms with Gasteiger partial charge in [-0.3, -0.25) is 14.5 Å². The van der Waals surface area contributed by atoms with Crippen LogP contribution in [-0.2, 0) is 24.3 Å². The maximum Gasteiger partial charge on any atom is 0.331 e. The van der Waals surface area contributed by atoms with E-state index in [4.69, 9.17) is 4.74 Å². The fourth-order valence-electron chi connectivity index (χ4n) is 2.65. The van der Waals surface area contributed by atoms with Crippen molar-refractivity contribution in [2.75, 3.05) is 11.9 Å². The van der Waals surface area contributed by atoms with Crippen LogP contribution in [-0.4, -0.2) is 38.8 Å². The molecule has 0 bridgehead atoms. The SMILES string of the molecule is Cc1cc(NC(=O)COC(=O)[C@@H](C)N=C2NS(=O)(=O)c3ccccc32)ccc1Br. The van der Waals surface area contributed by atoms with Gasteiger partial charge in [-0.15, -0.1) is 0 Å². The normalized spacial score (nSPS) is 16.6. The highest BCUT2D eigenvalue weighted by Gasteiger charge is 2.31. The molecule has 0 aliphatic carbocycles. The quantitative estimate of drug-likeness (QED) is 0.638. The molecule has 152 valence electrons. The van der Waals surface area contributed by atoms with Crippen LogP contribution in [0.3, 0.4) is 0 Å². The van der Waals surface area contributed by atoms with Gasteiger partial charge in [-0.25, -0.2) is 13.2 Å². The molecule has 0 saturated carbocycles. The number of sulfonamides is 1. The van der Waals surface area contributed by atoms with Crippen LogP contribution in [0.25, 0.3) is 0 Å². The van der Waals surface area contributed by atoms with Gasteiger partial charge in [0, 0.05) is 15.7 Å². The van der Waals surface area contributed by atoms with Gasteiger partial charge in [0.25, 0.3) is 15.9 Å². The molecule has 0 radical (unpaired) electrons. The van der Waals surface area contributed by atoms with E-state index in [9.17, 15) is 18.0 Å². The topological polar surface area (TPSA) is 114 Å². The number of carbonyl (C=O) groups excluding carboxylic acids is 2. The first-order valence-corrected chi connectivity index (χ1v) is 10.9. The van der Waals surface area contributed by atoms with Gasteiger partial charge in [-0.1, -0.05) is 28.1 Å². The van der Waals surface area contributed by atoms with E-state index in [1.54, 1.807) is 36.4 Å². The van der Waals surface area contributed by atoms with E-state index >= 15 is 0 Å². The van der Waals surface area contributed by atoms with Gasteiger partial charge in [0.15, 0.2) is 6.61 Å². The van der Waals surface area contributed by atoms with Gasteiger partial charge >= 0.3 is 5.97 Å². The Morgan fingerprint density at radius 2 is 1.97 bits per heavy atom. The van der Waals surface area contributed by atoms with Gasteiger partial charge in [0.1, 0.15) is 11.9 Å². The Morgan fingerprint density at radius 1 is 1.24 bits per heavy atom. The third-order valence-electron chi connectivity index (χ3n) is 4.11. The molecular formula is C19H18BrN3O5S. The van der Waals surface area contributed by atoms with Gasteiger partial charge in [0.05, 0.1) is 4.90 Å². The molecular weight excluding hydrogens is 462 g/mol. The van der Waals surface area contributed by atoms with Gasteiger partial charge in [-0.05, 0) is 49.7 Å². The highest BCUT2D eigenvalue weighted by molar-refractivity contribution is 9.10. The molecule has 2 aromatic carbocycles. The lowest BCUT2D eigenvalue weighted by atomic mass is 10.2. The number of amidine groups is 1. The van der Waals surface area contributed by atoms with E-state index in [0.717, 1.165) is 10.0 Å². The zero-order valence-electron chi connectivity index (χ0n) is 15.6. The molecule has 0 unspecified atom stereocenters. The number of nitrogens with zero attached hydrogens (tertiary/aromatic N) is 1. The Kier molecular flexibility index (Phi) is 6.04. The van der Waals surface area contributed by atoms with Crippen molar-refractivity contribution in [2.24, 2.45) is 4.99 Å². The fraction of sp³-hybridized carbons (Fsp3) is 0.211. The lowest BCUT2D eigenvalue weighted by molar-refractivity contribution is -0.148. The third-order valence-corrected chi connectivity index (χ3v) is 6.40. The Bertz CT molecular complexity index is 1110. The minimum absolute atomic E-state index is 0.0693. The number of benzene rings is 2. The molecule has 1 aliphatic heterocycles. The van der Waals surface area contributed by atoms with Crippen LogP contribution in [0, 0.1) is 6.92 Å². The monoisotopic (exact) mass is 479 g/mol. The largest absolute Gasteiger partial charge is 0.454 e. The summed E-state index contributed by atoms with van der Waals surface area (Å²) in [6, 6.07) is 10.6. The number of aryl methyl sites for hydroxylation is 1.